The fourth-order valence-electron chi connectivity index (χ4n) is 1.43. The van der Waals surface area contributed by atoms with E-state index in [0.29, 0.717) is 5.57 Å². The van der Waals surface area contributed by atoms with Crippen LogP contribution in [0.25, 0.3) is 0 Å². The van der Waals surface area contributed by atoms with Gasteiger partial charge in [0.25, 0.3) is 0 Å². The lowest BCUT2D eigenvalue weighted by Gasteiger charge is -2.14. The van der Waals surface area contributed by atoms with Gasteiger partial charge in [-0.05, 0) is 18.2 Å². The van der Waals surface area contributed by atoms with Crippen LogP contribution in [-0.2, 0) is 4.79 Å². The zero-order valence-corrected chi connectivity index (χ0v) is 6.97. The summed E-state index contributed by atoms with van der Waals surface area (Å²) >= 11 is 0. The first kappa shape index (κ1) is 7.86. The van der Waals surface area contributed by atoms with E-state index in [-0.39, 0.29) is 0 Å². The molecule has 2 aliphatic heterocycles. The van der Waals surface area contributed by atoms with Gasteiger partial charge in [0.15, 0.2) is 0 Å². The molecule has 0 fully saturated rings. The van der Waals surface area contributed by atoms with Crippen LogP contribution in [0, 0.1) is 0 Å². The summed E-state index contributed by atoms with van der Waals surface area (Å²) in [5.74, 6) is -0.883. The molecule has 0 aromatic carbocycles. The number of carbonyl (C=O) groups is 1. The van der Waals surface area contributed by atoms with Crippen molar-refractivity contribution in [3.8, 4) is 0 Å². The lowest BCUT2D eigenvalue weighted by Crippen LogP contribution is -2.14. The topological polar surface area (TPSA) is 40.5 Å². The quantitative estimate of drug-likeness (QED) is 0.652. The van der Waals surface area contributed by atoms with Gasteiger partial charge < -0.3 is 10.0 Å². The highest BCUT2D eigenvalue weighted by molar-refractivity contribution is 5.91. The third-order valence-corrected chi connectivity index (χ3v) is 2.03. The molecule has 2 heterocycles. The number of carboxylic acid groups (broad SMARTS) is 1. The number of hydrogen-bond acceptors (Lipinski definition) is 2. The third-order valence-electron chi connectivity index (χ3n) is 2.03. The SMILES string of the molecule is O=C(O)C1=C2C=CCN2C=CC=C1. The Labute approximate surface area is 76.0 Å². The van der Waals surface area contributed by atoms with E-state index < -0.39 is 5.97 Å². The van der Waals surface area contributed by atoms with Crippen molar-refractivity contribution in [3.05, 3.63) is 47.9 Å². The van der Waals surface area contributed by atoms with Crippen molar-refractivity contribution >= 4 is 5.97 Å². The van der Waals surface area contributed by atoms with Gasteiger partial charge in [0.1, 0.15) is 0 Å². The molecule has 0 saturated heterocycles. The maximum Gasteiger partial charge on any atom is 0.337 e. The van der Waals surface area contributed by atoms with E-state index in [1.807, 2.05) is 29.3 Å². The highest BCUT2D eigenvalue weighted by Crippen LogP contribution is 2.21. The molecule has 0 amide bonds. The van der Waals surface area contributed by atoms with Crippen molar-refractivity contribution in [2.24, 2.45) is 0 Å². The van der Waals surface area contributed by atoms with Gasteiger partial charge in [-0.1, -0.05) is 12.2 Å². The molecule has 0 radical (unpaired) electrons. The first-order valence-electron chi connectivity index (χ1n) is 4.04. The van der Waals surface area contributed by atoms with Crippen LogP contribution in [-0.4, -0.2) is 22.5 Å². The van der Waals surface area contributed by atoms with Gasteiger partial charge >= 0.3 is 5.97 Å². The molecule has 3 heteroatoms. The van der Waals surface area contributed by atoms with Crippen LogP contribution >= 0.6 is 0 Å². The monoisotopic (exact) mass is 175 g/mol. The van der Waals surface area contributed by atoms with E-state index >= 15 is 0 Å². The molecule has 0 spiro atoms. The number of carboxylic acids is 1. The molecule has 0 atom stereocenters. The maximum absolute atomic E-state index is 10.9. The Balaban J connectivity index is 2.50. The molecule has 2 aliphatic rings. The predicted octanol–water partition coefficient (Wildman–Crippen LogP) is 1.28. The van der Waals surface area contributed by atoms with E-state index in [9.17, 15) is 4.79 Å². The summed E-state index contributed by atoms with van der Waals surface area (Å²) in [6.07, 6.45) is 10.8. The first-order valence-corrected chi connectivity index (χ1v) is 4.04. The second kappa shape index (κ2) is 2.94. The summed E-state index contributed by atoms with van der Waals surface area (Å²) in [5, 5.41) is 8.91. The normalized spacial score (nSPS) is 19.2. The van der Waals surface area contributed by atoms with E-state index in [1.165, 1.54) is 0 Å². The van der Waals surface area contributed by atoms with E-state index in [2.05, 4.69) is 0 Å². The Bertz CT molecular complexity index is 361. The Hall–Kier alpha value is -1.77. The molecule has 0 saturated carbocycles. The fraction of sp³-hybridized carbons (Fsp3) is 0.100. The van der Waals surface area contributed by atoms with Gasteiger partial charge in [0.2, 0.25) is 0 Å². The minimum Gasteiger partial charge on any atom is -0.478 e. The molecule has 66 valence electrons. The molecular weight excluding hydrogens is 166 g/mol. The predicted molar refractivity (Wildman–Crippen MR) is 48.8 cm³/mol. The van der Waals surface area contributed by atoms with Crippen molar-refractivity contribution in [2.75, 3.05) is 6.54 Å². The average Bonchev–Trinajstić information content (AvgIpc) is 2.44. The highest BCUT2D eigenvalue weighted by Gasteiger charge is 2.18. The van der Waals surface area contributed by atoms with Crippen molar-refractivity contribution in [1.82, 2.24) is 4.90 Å². The minimum absolute atomic E-state index is 0.346. The molecular formula is C10H9NO2. The van der Waals surface area contributed by atoms with Crippen LogP contribution in [0.2, 0.25) is 0 Å². The van der Waals surface area contributed by atoms with Crippen molar-refractivity contribution in [2.45, 2.75) is 0 Å². The zero-order valence-electron chi connectivity index (χ0n) is 6.97. The smallest absolute Gasteiger partial charge is 0.337 e. The average molecular weight is 175 g/mol. The van der Waals surface area contributed by atoms with Gasteiger partial charge in [-0.15, -0.1) is 0 Å². The number of fused-ring (bicyclic) bond motifs is 1. The molecule has 13 heavy (non-hydrogen) atoms. The Kier molecular flexibility index (Phi) is 1.77. The summed E-state index contributed by atoms with van der Waals surface area (Å²) in [6.45, 7) is 0.754. The molecule has 0 bridgehead atoms. The lowest BCUT2D eigenvalue weighted by molar-refractivity contribution is -0.132. The van der Waals surface area contributed by atoms with E-state index in [1.54, 1.807) is 12.2 Å². The number of allylic oxidation sites excluding steroid dienone is 3. The second-order valence-electron chi connectivity index (χ2n) is 2.86. The molecule has 0 aromatic heterocycles. The summed E-state index contributed by atoms with van der Waals surface area (Å²) in [6, 6.07) is 0. The highest BCUT2D eigenvalue weighted by atomic mass is 16.4. The van der Waals surface area contributed by atoms with Gasteiger partial charge in [-0.2, -0.15) is 0 Å². The standard InChI is InChI=1S/C10H9NO2/c12-10(13)8-4-1-2-6-11-7-3-5-9(8)11/h1-6H,7H2,(H,12,13). The maximum atomic E-state index is 10.9. The summed E-state index contributed by atoms with van der Waals surface area (Å²) in [4.78, 5) is 12.8. The lowest BCUT2D eigenvalue weighted by atomic mass is 10.2. The van der Waals surface area contributed by atoms with Crippen LogP contribution < -0.4 is 0 Å². The van der Waals surface area contributed by atoms with Crippen LogP contribution in [0.1, 0.15) is 0 Å². The van der Waals surface area contributed by atoms with Crippen LogP contribution in [0.4, 0.5) is 0 Å². The van der Waals surface area contributed by atoms with Gasteiger partial charge in [0.05, 0.1) is 11.3 Å². The van der Waals surface area contributed by atoms with Crippen molar-refractivity contribution < 1.29 is 9.90 Å². The summed E-state index contributed by atoms with van der Waals surface area (Å²) in [5.41, 5.74) is 1.11. The minimum atomic E-state index is -0.883. The van der Waals surface area contributed by atoms with Crippen LogP contribution in [0.15, 0.2) is 47.9 Å². The molecule has 0 aromatic rings. The van der Waals surface area contributed by atoms with Gasteiger partial charge in [-0.25, -0.2) is 4.79 Å². The Morgan fingerprint density at radius 2 is 2.23 bits per heavy atom. The van der Waals surface area contributed by atoms with Gasteiger partial charge in [0, 0.05) is 12.7 Å². The van der Waals surface area contributed by atoms with E-state index in [0.717, 1.165) is 12.2 Å². The van der Waals surface area contributed by atoms with Crippen molar-refractivity contribution in [3.63, 3.8) is 0 Å². The molecule has 0 unspecified atom stereocenters. The van der Waals surface area contributed by atoms with Gasteiger partial charge in [-0.3, -0.25) is 0 Å². The molecule has 0 aliphatic carbocycles. The largest absolute Gasteiger partial charge is 0.478 e. The van der Waals surface area contributed by atoms with Crippen LogP contribution in [0.3, 0.4) is 0 Å². The Morgan fingerprint density at radius 3 is 3.00 bits per heavy atom. The van der Waals surface area contributed by atoms with Crippen molar-refractivity contribution in [1.29, 1.82) is 0 Å². The number of hydrogen-bond donors (Lipinski definition) is 1. The first-order chi connectivity index (χ1) is 6.29. The fourth-order valence-corrected chi connectivity index (χ4v) is 1.43. The molecule has 2 rings (SSSR count). The van der Waals surface area contributed by atoms with E-state index in [4.69, 9.17) is 5.11 Å². The molecule has 1 N–H and O–H groups in total. The third kappa shape index (κ3) is 1.28. The molecule has 3 nitrogen and oxygen atoms in total. The summed E-state index contributed by atoms with van der Waals surface area (Å²) < 4.78 is 0. The van der Waals surface area contributed by atoms with Crippen LogP contribution in [0.5, 0.6) is 0 Å². The Morgan fingerprint density at radius 1 is 1.38 bits per heavy atom. The zero-order chi connectivity index (χ0) is 9.26. The second-order valence-corrected chi connectivity index (χ2v) is 2.86. The number of rotatable bonds is 1. The number of aliphatic carboxylic acids is 1. The summed E-state index contributed by atoms with van der Waals surface area (Å²) in [7, 11) is 0. The number of nitrogens with zero attached hydrogens (tertiary/aromatic N) is 1.